The van der Waals surface area contributed by atoms with Gasteiger partial charge in [0.05, 0.1) is 24.8 Å². The number of rotatable bonds is 8. The summed E-state index contributed by atoms with van der Waals surface area (Å²) in [6, 6.07) is 11.4. The Morgan fingerprint density at radius 1 is 0.734 bits per heavy atom. The average Bonchev–Trinajstić information content (AvgIpc) is 4.04. The van der Waals surface area contributed by atoms with Gasteiger partial charge in [0.1, 0.15) is 12.6 Å². The third-order valence-corrected chi connectivity index (χ3v) is 13.2. The standard InChI is InChI=1S/C23H32N2O7.C22H34N4O6/c1-15-17(18-19(29-15)32-22(2,3)31-18)30-21(27)25-12-10-23(4,11-13-25)24-20(26)28-14-16-8-6-5-7-9-16;1-14-17(18-19(29-14)32-21(2,3)31-18)30-20(28)25-10-7-22(4,8-11-25)24-13-16(27)26-9-5-6-15(26)12-23/h5-9,15,17-19H,10-14H2,1-4H3,(H,24,26);14-15,17-19,24H,5-11,13H2,1-4H3/t15-,17+,18-,19-;14-,15+,17+,18-,19-/m11/s1. The molecule has 7 saturated heterocycles. The number of fused-ring (bicyclic) bond motifs is 2. The maximum atomic E-state index is 12.8. The van der Waals surface area contributed by atoms with Gasteiger partial charge in [0.2, 0.25) is 5.91 Å². The molecular weight excluding hydrogens is 833 g/mol. The Balaban J connectivity index is 0.000000191. The van der Waals surface area contributed by atoms with Gasteiger partial charge in [-0.05, 0) is 99.5 Å². The number of benzene rings is 1. The molecule has 0 aliphatic carbocycles. The lowest BCUT2D eigenvalue weighted by Crippen LogP contribution is -2.55. The second kappa shape index (κ2) is 19.3. The highest BCUT2D eigenvalue weighted by Crippen LogP contribution is 2.40. The second-order valence-corrected chi connectivity index (χ2v) is 19.3. The normalized spacial score (nSPS) is 32.9. The van der Waals surface area contributed by atoms with Crippen molar-refractivity contribution in [3.05, 3.63) is 35.9 Å². The number of hydrogen-bond donors (Lipinski definition) is 2. The van der Waals surface area contributed by atoms with E-state index in [4.69, 9.17) is 42.6 Å². The first-order valence-corrected chi connectivity index (χ1v) is 22.6. The Hall–Kier alpha value is -4.29. The maximum absolute atomic E-state index is 12.8. The molecule has 2 N–H and O–H groups in total. The largest absolute Gasteiger partial charge is 0.445 e. The number of alkyl carbamates (subject to hydrolysis) is 1. The van der Waals surface area contributed by atoms with E-state index in [1.54, 1.807) is 14.7 Å². The molecule has 7 aliphatic rings. The molecule has 0 saturated carbocycles. The van der Waals surface area contributed by atoms with Gasteiger partial charge in [-0.25, -0.2) is 14.4 Å². The maximum Gasteiger partial charge on any atom is 0.410 e. The molecule has 0 aromatic heterocycles. The van der Waals surface area contributed by atoms with Crippen molar-refractivity contribution in [3.8, 4) is 6.07 Å². The number of nitrogens with one attached hydrogen (secondary N) is 2. The molecular formula is C45H66N6O13. The lowest BCUT2D eigenvalue weighted by atomic mass is 9.89. The molecule has 0 spiro atoms. The van der Waals surface area contributed by atoms with Crippen LogP contribution in [0.1, 0.15) is 99.5 Å². The van der Waals surface area contributed by atoms with Crippen LogP contribution in [0, 0.1) is 11.3 Å². The molecule has 8 rings (SSSR count). The van der Waals surface area contributed by atoms with Gasteiger partial charge in [0.15, 0.2) is 48.6 Å². The fourth-order valence-corrected chi connectivity index (χ4v) is 9.25. The fraction of sp³-hybridized carbons (Fsp3) is 0.756. The Kier molecular flexibility index (Phi) is 14.4. The van der Waals surface area contributed by atoms with Crippen molar-refractivity contribution in [2.24, 2.45) is 0 Å². The molecule has 7 heterocycles. The summed E-state index contributed by atoms with van der Waals surface area (Å²) in [6.45, 7) is 18.0. The van der Waals surface area contributed by atoms with Gasteiger partial charge in [0.25, 0.3) is 0 Å². The van der Waals surface area contributed by atoms with Gasteiger partial charge >= 0.3 is 18.3 Å². The van der Waals surface area contributed by atoms with Crippen LogP contribution in [0.4, 0.5) is 14.4 Å². The SMILES string of the molecule is C[C@H]1O[C@@H]2OC(C)(C)O[C@@H]2[C@H]1OC(=O)N1CCC(C)(NC(=O)OCc2ccccc2)CC1.C[C@H]1O[C@@H]2OC(C)(C)O[C@@H]2[C@H]1OC(=O)N1CCC(C)(NCC(=O)N2CCC[C@H]2C#N)CC1. The van der Waals surface area contributed by atoms with E-state index >= 15 is 0 Å². The van der Waals surface area contributed by atoms with Crippen LogP contribution >= 0.6 is 0 Å². The van der Waals surface area contributed by atoms with E-state index < -0.39 is 66.3 Å². The van der Waals surface area contributed by atoms with Crippen LogP contribution in [0.5, 0.6) is 0 Å². The van der Waals surface area contributed by atoms with E-state index in [9.17, 15) is 24.4 Å². The van der Waals surface area contributed by atoms with Crippen LogP contribution in [0.3, 0.4) is 0 Å². The first kappa shape index (κ1) is 47.7. The highest BCUT2D eigenvalue weighted by atomic mass is 16.9. The number of likely N-dealkylation sites (tertiary alicyclic amines) is 3. The number of carbonyl (C=O) groups excluding carboxylic acids is 4. The van der Waals surface area contributed by atoms with Crippen molar-refractivity contribution < 1.29 is 61.8 Å². The number of ether oxygens (including phenoxy) is 9. The Labute approximate surface area is 375 Å². The van der Waals surface area contributed by atoms with Gasteiger partial charge in [-0.2, -0.15) is 5.26 Å². The number of amides is 4. The average molecular weight is 899 g/mol. The van der Waals surface area contributed by atoms with Crippen molar-refractivity contribution >= 4 is 24.2 Å². The topological polar surface area (TPSA) is 209 Å². The monoisotopic (exact) mass is 898 g/mol. The highest BCUT2D eigenvalue weighted by Gasteiger charge is 2.57. The van der Waals surface area contributed by atoms with E-state index in [1.165, 1.54) is 0 Å². The van der Waals surface area contributed by atoms with E-state index in [2.05, 4.69) is 23.6 Å². The fourth-order valence-electron chi connectivity index (χ4n) is 9.25. The minimum Gasteiger partial charge on any atom is -0.445 e. The van der Waals surface area contributed by atoms with Crippen molar-refractivity contribution in [2.75, 3.05) is 39.3 Å². The van der Waals surface area contributed by atoms with Crippen LogP contribution < -0.4 is 10.6 Å². The third-order valence-electron chi connectivity index (χ3n) is 13.2. The van der Waals surface area contributed by atoms with E-state index in [0.717, 1.165) is 18.4 Å². The molecule has 0 radical (unpaired) electrons. The Bertz CT molecular complexity index is 1860. The van der Waals surface area contributed by atoms with Crippen molar-refractivity contribution in [1.82, 2.24) is 25.3 Å². The van der Waals surface area contributed by atoms with Crippen LogP contribution in [-0.4, -0.2) is 156 Å². The van der Waals surface area contributed by atoms with Crippen LogP contribution in [0.25, 0.3) is 0 Å². The third kappa shape index (κ3) is 11.4. The Morgan fingerprint density at radius 3 is 1.73 bits per heavy atom. The van der Waals surface area contributed by atoms with Crippen molar-refractivity contribution in [2.45, 2.75) is 178 Å². The van der Waals surface area contributed by atoms with Crippen molar-refractivity contribution in [1.29, 1.82) is 5.26 Å². The predicted molar refractivity (Wildman–Crippen MR) is 226 cm³/mol. The van der Waals surface area contributed by atoms with Crippen LogP contribution in [-0.2, 0) is 54.0 Å². The summed E-state index contributed by atoms with van der Waals surface area (Å²) in [7, 11) is 0. The van der Waals surface area contributed by atoms with Gasteiger partial charge in [-0.15, -0.1) is 0 Å². The second-order valence-electron chi connectivity index (χ2n) is 19.3. The molecule has 1 aromatic rings. The molecule has 0 bridgehead atoms. The first-order chi connectivity index (χ1) is 30.2. The molecule has 19 heteroatoms. The van der Waals surface area contributed by atoms with Gasteiger partial charge < -0.3 is 68.0 Å². The molecule has 1 aromatic carbocycles. The summed E-state index contributed by atoms with van der Waals surface area (Å²) in [4.78, 5) is 55.4. The summed E-state index contributed by atoms with van der Waals surface area (Å²) in [5, 5.41) is 15.5. The molecule has 19 nitrogen and oxygen atoms in total. The molecule has 354 valence electrons. The first-order valence-electron chi connectivity index (χ1n) is 22.6. The van der Waals surface area contributed by atoms with Crippen molar-refractivity contribution in [3.63, 3.8) is 0 Å². The van der Waals surface area contributed by atoms with Crippen LogP contribution in [0.15, 0.2) is 30.3 Å². The minimum absolute atomic E-state index is 0.0383. The summed E-state index contributed by atoms with van der Waals surface area (Å²) in [5.74, 6) is -1.57. The highest BCUT2D eigenvalue weighted by molar-refractivity contribution is 5.79. The molecule has 9 atom stereocenters. The lowest BCUT2D eigenvalue weighted by molar-refractivity contribution is -0.213. The molecule has 4 amide bonds. The minimum atomic E-state index is -0.770. The van der Waals surface area contributed by atoms with Gasteiger partial charge in [-0.3, -0.25) is 4.79 Å². The molecule has 7 aliphatic heterocycles. The Morgan fingerprint density at radius 2 is 1.23 bits per heavy atom. The summed E-state index contributed by atoms with van der Waals surface area (Å²) in [5.41, 5.74) is 0.222. The van der Waals surface area contributed by atoms with E-state index in [0.29, 0.717) is 58.4 Å². The van der Waals surface area contributed by atoms with Crippen LogP contribution in [0.2, 0.25) is 0 Å². The van der Waals surface area contributed by atoms with E-state index in [-0.39, 0.29) is 48.9 Å². The number of nitriles is 1. The lowest BCUT2D eigenvalue weighted by Gasteiger charge is -2.40. The van der Waals surface area contributed by atoms with E-state index in [1.807, 2.05) is 78.8 Å². The zero-order valence-corrected chi connectivity index (χ0v) is 38.4. The molecule has 7 fully saturated rings. The van der Waals surface area contributed by atoms with Gasteiger partial charge in [0, 0.05) is 43.8 Å². The zero-order valence-electron chi connectivity index (χ0n) is 38.4. The number of nitrogens with zero attached hydrogens (tertiary/aromatic N) is 4. The quantitative estimate of drug-likeness (QED) is 0.344. The summed E-state index contributed by atoms with van der Waals surface area (Å²) < 4.78 is 51.5. The number of piperidine rings is 2. The summed E-state index contributed by atoms with van der Waals surface area (Å²) in [6.07, 6.45) is -0.664. The smallest absolute Gasteiger partial charge is 0.410 e. The predicted octanol–water partition coefficient (Wildman–Crippen LogP) is 4.52. The number of carbonyl (C=O) groups is 4. The molecule has 0 unspecified atom stereocenters. The molecule has 64 heavy (non-hydrogen) atoms. The summed E-state index contributed by atoms with van der Waals surface area (Å²) >= 11 is 0. The zero-order chi connectivity index (χ0) is 46.0. The van der Waals surface area contributed by atoms with Gasteiger partial charge in [-0.1, -0.05) is 30.3 Å². The number of hydrogen-bond acceptors (Lipinski definition) is 15.